The summed E-state index contributed by atoms with van der Waals surface area (Å²) in [5, 5.41) is 0. The van der Waals surface area contributed by atoms with Crippen LogP contribution in [-0.2, 0) is 4.79 Å². The molecular weight excluding hydrogens is 248 g/mol. The largest absolute Gasteiger partial charge is 0.338 e. The third-order valence-electron chi connectivity index (χ3n) is 4.40. The molecule has 0 aliphatic carbocycles. The highest BCUT2D eigenvalue weighted by Gasteiger charge is 2.35. The van der Waals surface area contributed by atoms with E-state index in [9.17, 15) is 4.79 Å². The van der Waals surface area contributed by atoms with Gasteiger partial charge >= 0.3 is 0 Å². The van der Waals surface area contributed by atoms with Crippen LogP contribution in [0.4, 0.5) is 0 Å². The molecule has 1 aliphatic heterocycles. The molecule has 1 heterocycles. The van der Waals surface area contributed by atoms with E-state index >= 15 is 0 Å². The number of rotatable bonds is 4. The van der Waals surface area contributed by atoms with Crippen LogP contribution in [0.25, 0.3) is 0 Å². The quantitative estimate of drug-likeness (QED) is 0.917. The number of nitrogens with two attached hydrogens (primary N) is 1. The van der Waals surface area contributed by atoms with Gasteiger partial charge in [-0.15, -0.1) is 0 Å². The van der Waals surface area contributed by atoms with Crippen LogP contribution in [-0.4, -0.2) is 29.4 Å². The van der Waals surface area contributed by atoms with Crippen molar-refractivity contribution in [3.8, 4) is 0 Å². The first-order valence-electron chi connectivity index (χ1n) is 7.66. The zero-order valence-corrected chi connectivity index (χ0v) is 12.8. The number of hydrogen-bond donors (Lipinski definition) is 1. The third kappa shape index (κ3) is 3.04. The van der Waals surface area contributed by atoms with Crippen LogP contribution in [0, 0.1) is 6.92 Å². The molecule has 110 valence electrons. The van der Waals surface area contributed by atoms with Gasteiger partial charge in [0.25, 0.3) is 0 Å². The fourth-order valence-electron chi connectivity index (χ4n) is 3.26. The van der Waals surface area contributed by atoms with Gasteiger partial charge in [-0.05, 0) is 37.8 Å². The summed E-state index contributed by atoms with van der Waals surface area (Å²) in [4.78, 5) is 14.4. The Hall–Kier alpha value is -1.35. The third-order valence-corrected chi connectivity index (χ3v) is 4.40. The summed E-state index contributed by atoms with van der Waals surface area (Å²) in [5.41, 5.74) is 8.68. The molecule has 2 rings (SSSR count). The Morgan fingerprint density at radius 2 is 2.15 bits per heavy atom. The van der Waals surface area contributed by atoms with Crippen LogP contribution in [0.3, 0.4) is 0 Å². The lowest BCUT2D eigenvalue weighted by Gasteiger charge is -2.25. The van der Waals surface area contributed by atoms with Gasteiger partial charge < -0.3 is 10.6 Å². The molecule has 0 spiro atoms. The summed E-state index contributed by atoms with van der Waals surface area (Å²) >= 11 is 0. The minimum Gasteiger partial charge on any atom is -0.338 e. The molecule has 1 aromatic rings. The van der Waals surface area contributed by atoms with Gasteiger partial charge in [0.15, 0.2) is 0 Å². The number of benzene rings is 1. The topological polar surface area (TPSA) is 46.3 Å². The Labute approximate surface area is 122 Å². The predicted molar refractivity (Wildman–Crippen MR) is 82.6 cm³/mol. The van der Waals surface area contributed by atoms with Gasteiger partial charge in [-0.2, -0.15) is 0 Å². The first-order chi connectivity index (χ1) is 9.54. The van der Waals surface area contributed by atoms with Crippen LogP contribution in [0.1, 0.15) is 50.2 Å². The number of amides is 1. The molecule has 1 fully saturated rings. The predicted octanol–water partition coefficient (Wildman–Crippen LogP) is 2.83. The number of nitrogens with zero attached hydrogens (tertiary/aromatic N) is 1. The van der Waals surface area contributed by atoms with E-state index in [4.69, 9.17) is 5.73 Å². The Bertz CT molecular complexity index is 472. The molecule has 0 aromatic heterocycles. The van der Waals surface area contributed by atoms with Crippen LogP contribution in [0.15, 0.2) is 24.3 Å². The van der Waals surface area contributed by atoms with Crippen molar-refractivity contribution in [2.75, 3.05) is 6.54 Å². The molecule has 0 radical (unpaired) electrons. The normalized spacial score (nSPS) is 23.9. The van der Waals surface area contributed by atoms with Gasteiger partial charge in [0.2, 0.25) is 5.91 Å². The smallest absolute Gasteiger partial charge is 0.239 e. The number of carbonyl (C=O) groups is 1. The molecule has 2 N–H and O–H groups in total. The van der Waals surface area contributed by atoms with Crippen LogP contribution in [0.2, 0.25) is 0 Å². The molecule has 0 bridgehead atoms. The van der Waals surface area contributed by atoms with E-state index in [1.54, 1.807) is 0 Å². The summed E-state index contributed by atoms with van der Waals surface area (Å²) in [6.45, 7) is 7.15. The first kappa shape index (κ1) is 15.0. The maximum absolute atomic E-state index is 12.4. The van der Waals surface area contributed by atoms with Crippen molar-refractivity contribution in [3.05, 3.63) is 35.4 Å². The second-order valence-corrected chi connectivity index (χ2v) is 6.02. The second kappa shape index (κ2) is 6.40. The number of aryl methyl sites for hydroxylation is 1. The van der Waals surface area contributed by atoms with E-state index in [0.29, 0.717) is 5.92 Å². The molecule has 20 heavy (non-hydrogen) atoms. The summed E-state index contributed by atoms with van der Waals surface area (Å²) in [6, 6.07) is 8.44. The number of carbonyl (C=O) groups excluding carboxylic acids is 1. The Balaban J connectivity index is 2.09. The monoisotopic (exact) mass is 274 g/mol. The highest BCUT2D eigenvalue weighted by molar-refractivity contribution is 5.82. The maximum atomic E-state index is 12.4. The van der Waals surface area contributed by atoms with Crippen molar-refractivity contribution in [2.45, 2.75) is 58.0 Å². The molecule has 1 amide bonds. The van der Waals surface area contributed by atoms with E-state index in [1.807, 2.05) is 4.90 Å². The lowest BCUT2D eigenvalue weighted by atomic mass is 9.93. The second-order valence-electron chi connectivity index (χ2n) is 6.02. The van der Waals surface area contributed by atoms with Crippen molar-refractivity contribution in [2.24, 2.45) is 5.73 Å². The first-order valence-corrected chi connectivity index (χ1v) is 7.66. The van der Waals surface area contributed by atoms with Crippen LogP contribution < -0.4 is 5.73 Å². The molecule has 1 aromatic carbocycles. The van der Waals surface area contributed by atoms with Crippen molar-refractivity contribution in [3.63, 3.8) is 0 Å². The molecule has 3 atom stereocenters. The van der Waals surface area contributed by atoms with Gasteiger partial charge in [-0.25, -0.2) is 0 Å². The lowest BCUT2D eigenvalue weighted by Crippen LogP contribution is -2.45. The number of hydrogen-bond acceptors (Lipinski definition) is 2. The Morgan fingerprint density at radius 3 is 2.80 bits per heavy atom. The Morgan fingerprint density at radius 1 is 1.45 bits per heavy atom. The number of likely N-dealkylation sites (tertiary alicyclic amines) is 1. The summed E-state index contributed by atoms with van der Waals surface area (Å²) < 4.78 is 0. The molecule has 3 nitrogen and oxygen atoms in total. The molecule has 0 saturated carbocycles. The van der Waals surface area contributed by atoms with Crippen molar-refractivity contribution in [1.82, 2.24) is 4.90 Å². The van der Waals surface area contributed by atoms with Gasteiger partial charge in [0, 0.05) is 18.5 Å². The summed E-state index contributed by atoms with van der Waals surface area (Å²) in [7, 11) is 0. The molecule has 3 heteroatoms. The lowest BCUT2D eigenvalue weighted by molar-refractivity contribution is -0.133. The van der Waals surface area contributed by atoms with E-state index in [1.165, 1.54) is 11.1 Å². The SMILES string of the molecule is CCCC(N)C(=O)N1CC(c2ccccc2C)CC1C. The summed E-state index contributed by atoms with van der Waals surface area (Å²) in [5.74, 6) is 0.569. The van der Waals surface area contributed by atoms with Gasteiger partial charge in [-0.3, -0.25) is 4.79 Å². The minimum atomic E-state index is -0.335. The van der Waals surface area contributed by atoms with Gasteiger partial charge in [-0.1, -0.05) is 37.6 Å². The van der Waals surface area contributed by atoms with Crippen LogP contribution in [0.5, 0.6) is 0 Å². The molecule has 1 saturated heterocycles. The highest BCUT2D eigenvalue weighted by atomic mass is 16.2. The molecule has 3 unspecified atom stereocenters. The van der Waals surface area contributed by atoms with E-state index in [-0.39, 0.29) is 18.0 Å². The maximum Gasteiger partial charge on any atom is 0.239 e. The van der Waals surface area contributed by atoms with E-state index < -0.39 is 0 Å². The van der Waals surface area contributed by atoms with E-state index in [2.05, 4.69) is 45.0 Å². The van der Waals surface area contributed by atoms with Crippen molar-refractivity contribution < 1.29 is 4.79 Å². The average molecular weight is 274 g/mol. The van der Waals surface area contributed by atoms with Gasteiger partial charge in [0.1, 0.15) is 0 Å². The zero-order valence-electron chi connectivity index (χ0n) is 12.8. The minimum absolute atomic E-state index is 0.121. The van der Waals surface area contributed by atoms with Crippen LogP contribution >= 0.6 is 0 Å². The Kier molecular flexibility index (Phi) is 4.81. The van der Waals surface area contributed by atoms with Crippen molar-refractivity contribution in [1.29, 1.82) is 0 Å². The van der Waals surface area contributed by atoms with Gasteiger partial charge in [0.05, 0.1) is 6.04 Å². The average Bonchev–Trinajstić information content (AvgIpc) is 2.80. The fraction of sp³-hybridized carbons (Fsp3) is 0.588. The standard InChI is InChI=1S/C17H26N2O/c1-4-7-16(18)17(20)19-11-14(10-13(19)3)15-9-6-5-8-12(15)2/h5-6,8-9,13-14,16H,4,7,10-11,18H2,1-3H3. The van der Waals surface area contributed by atoms with Crippen molar-refractivity contribution >= 4 is 5.91 Å². The highest BCUT2D eigenvalue weighted by Crippen LogP contribution is 2.33. The zero-order chi connectivity index (χ0) is 14.7. The molecular formula is C17H26N2O. The van der Waals surface area contributed by atoms with E-state index in [0.717, 1.165) is 25.8 Å². The summed E-state index contributed by atoms with van der Waals surface area (Å²) in [6.07, 6.45) is 2.77. The fourth-order valence-corrected chi connectivity index (χ4v) is 3.26. The molecule has 1 aliphatic rings.